The Kier molecular flexibility index (Phi) is 7.56. The van der Waals surface area contributed by atoms with Crippen molar-refractivity contribution in [3.63, 3.8) is 0 Å². The van der Waals surface area contributed by atoms with E-state index in [1.165, 1.54) is 17.5 Å². The second kappa shape index (κ2) is 10.9. The number of aryl methyl sites for hydroxylation is 1. The molecule has 1 aliphatic rings. The largest absolute Gasteiger partial charge is 0.495 e. The molecular formula is C27H31BrN7OP. The highest BCUT2D eigenvalue weighted by atomic mass is 79.9. The van der Waals surface area contributed by atoms with E-state index in [1.54, 1.807) is 25.7 Å². The van der Waals surface area contributed by atoms with E-state index in [2.05, 4.69) is 86.0 Å². The third kappa shape index (κ3) is 5.26. The van der Waals surface area contributed by atoms with Crippen molar-refractivity contribution in [2.24, 2.45) is 0 Å². The molecule has 2 N–H and O–H groups in total. The molecule has 2 aromatic carbocycles. The maximum atomic E-state index is 5.77. The van der Waals surface area contributed by atoms with Gasteiger partial charge in [-0.15, -0.1) is 0 Å². The first kappa shape index (κ1) is 25.8. The van der Waals surface area contributed by atoms with Gasteiger partial charge in [-0.25, -0.2) is 4.98 Å². The Morgan fingerprint density at radius 1 is 1.05 bits per heavy atom. The summed E-state index contributed by atoms with van der Waals surface area (Å²) in [6, 6.07) is 8.77. The quantitative estimate of drug-likeness (QED) is 0.258. The predicted molar refractivity (Wildman–Crippen MR) is 157 cm³/mol. The molecule has 5 rings (SSSR count). The summed E-state index contributed by atoms with van der Waals surface area (Å²) >= 11 is 3.61. The van der Waals surface area contributed by atoms with Crippen molar-refractivity contribution in [2.45, 2.75) is 25.3 Å². The fourth-order valence-corrected chi connectivity index (χ4v) is 6.45. The number of halogens is 1. The van der Waals surface area contributed by atoms with Gasteiger partial charge in [-0.1, -0.05) is 7.92 Å². The van der Waals surface area contributed by atoms with Gasteiger partial charge >= 0.3 is 0 Å². The maximum absolute atomic E-state index is 5.77. The van der Waals surface area contributed by atoms with Crippen molar-refractivity contribution < 1.29 is 4.74 Å². The van der Waals surface area contributed by atoms with Crippen LogP contribution in [-0.2, 0) is 6.42 Å². The van der Waals surface area contributed by atoms with Crippen LogP contribution in [0, 0.1) is 0 Å². The summed E-state index contributed by atoms with van der Waals surface area (Å²) in [7, 11) is 5.52. The van der Waals surface area contributed by atoms with E-state index in [1.807, 2.05) is 12.1 Å². The molecule has 2 heterocycles. The van der Waals surface area contributed by atoms with E-state index in [4.69, 9.17) is 9.72 Å². The van der Waals surface area contributed by atoms with Gasteiger partial charge in [-0.05, 0) is 98.0 Å². The molecule has 10 heteroatoms. The maximum Gasteiger partial charge on any atom is 0.229 e. The van der Waals surface area contributed by atoms with Gasteiger partial charge in [0.2, 0.25) is 5.95 Å². The molecule has 2 aromatic heterocycles. The number of anilines is 4. The number of aromatic nitrogens is 4. The topological polar surface area (TPSA) is 88.1 Å². The van der Waals surface area contributed by atoms with Crippen LogP contribution in [0.3, 0.4) is 0 Å². The molecule has 0 spiro atoms. The van der Waals surface area contributed by atoms with E-state index in [-0.39, 0.29) is 0 Å². The zero-order valence-electron chi connectivity index (χ0n) is 21.7. The first-order valence-corrected chi connectivity index (χ1v) is 15.2. The fraction of sp³-hybridized carbons (Fsp3) is 0.333. The SMILES string of the molecule is COc1cc2c(cc1Nc1ncc(Br)c(Nc3ccc4nccnc4c3P(C)C)n1)CCC[C@H]2N(C)C. The molecule has 0 saturated carbocycles. The molecule has 0 bridgehead atoms. The Bertz CT molecular complexity index is 1450. The Hall–Kier alpha value is -2.87. The minimum Gasteiger partial charge on any atom is -0.495 e. The van der Waals surface area contributed by atoms with Crippen LogP contribution >= 0.6 is 23.9 Å². The molecule has 0 amide bonds. The zero-order valence-corrected chi connectivity index (χ0v) is 24.2. The normalized spacial score (nSPS) is 15.2. The molecule has 192 valence electrons. The van der Waals surface area contributed by atoms with Crippen LogP contribution in [-0.4, -0.2) is 59.4 Å². The highest BCUT2D eigenvalue weighted by molar-refractivity contribution is 9.10. The monoisotopic (exact) mass is 579 g/mol. The van der Waals surface area contributed by atoms with Crippen molar-refractivity contribution in [1.29, 1.82) is 0 Å². The number of fused-ring (bicyclic) bond motifs is 2. The molecule has 1 aliphatic carbocycles. The summed E-state index contributed by atoms with van der Waals surface area (Å²) in [6.45, 7) is 4.43. The highest BCUT2D eigenvalue weighted by Gasteiger charge is 2.24. The van der Waals surface area contributed by atoms with E-state index < -0.39 is 7.92 Å². The van der Waals surface area contributed by atoms with Crippen molar-refractivity contribution in [1.82, 2.24) is 24.8 Å². The molecule has 0 unspecified atom stereocenters. The molecule has 0 radical (unpaired) electrons. The zero-order chi connectivity index (χ0) is 26.1. The van der Waals surface area contributed by atoms with Gasteiger partial charge in [0.1, 0.15) is 11.6 Å². The molecule has 0 aliphatic heterocycles. The lowest BCUT2D eigenvalue weighted by atomic mass is 9.86. The van der Waals surface area contributed by atoms with Gasteiger partial charge in [0, 0.05) is 35.6 Å². The van der Waals surface area contributed by atoms with Crippen LogP contribution in [0.1, 0.15) is 30.0 Å². The number of hydrogen-bond donors (Lipinski definition) is 2. The smallest absolute Gasteiger partial charge is 0.229 e. The number of benzene rings is 2. The van der Waals surface area contributed by atoms with Gasteiger partial charge in [-0.2, -0.15) is 4.98 Å². The van der Waals surface area contributed by atoms with E-state index >= 15 is 0 Å². The first-order chi connectivity index (χ1) is 17.9. The Morgan fingerprint density at radius 2 is 1.86 bits per heavy atom. The lowest BCUT2D eigenvalue weighted by Crippen LogP contribution is -2.24. The Labute approximate surface area is 227 Å². The molecule has 1 atom stereocenters. The Morgan fingerprint density at radius 3 is 2.62 bits per heavy atom. The van der Waals surface area contributed by atoms with Crippen molar-refractivity contribution in [3.05, 3.63) is 58.5 Å². The highest BCUT2D eigenvalue weighted by Crippen LogP contribution is 2.40. The molecular weight excluding hydrogens is 549 g/mol. The summed E-state index contributed by atoms with van der Waals surface area (Å²) in [6.07, 6.45) is 8.59. The average molecular weight is 580 g/mol. The van der Waals surface area contributed by atoms with Crippen LogP contribution in [0.15, 0.2) is 47.3 Å². The van der Waals surface area contributed by atoms with Crippen LogP contribution in [0.5, 0.6) is 5.75 Å². The molecule has 8 nitrogen and oxygen atoms in total. The molecule has 37 heavy (non-hydrogen) atoms. The lowest BCUT2D eigenvalue weighted by Gasteiger charge is -2.31. The summed E-state index contributed by atoms with van der Waals surface area (Å²) in [5.41, 5.74) is 6.31. The molecule has 4 aromatic rings. The number of ether oxygens (including phenoxy) is 1. The first-order valence-electron chi connectivity index (χ1n) is 12.2. The van der Waals surface area contributed by atoms with E-state index in [9.17, 15) is 0 Å². The average Bonchev–Trinajstić information content (AvgIpc) is 2.89. The van der Waals surface area contributed by atoms with Gasteiger partial charge in [0.15, 0.2) is 0 Å². The number of nitrogens with zero attached hydrogens (tertiary/aromatic N) is 5. The predicted octanol–water partition coefficient (Wildman–Crippen LogP) is 5.98. The van der Waals surface area contributed by atoms with Crippen molar-refractivity contribution >= 4 is 63.3 Å². The van der Waals surface area contributed by atoms with Gasteiger partial charge in [0.05, 0.1) is 28.3 Å². The standard InChI is InChI=1S/C27H31BrN7OP/c1-35(2)22-8-6-7-16-13-21(23(36-3)14-17(16)22)33-27-31-15-18(28)26(34-27)32-20-10-9-19-24(25(20)37(4)5)30-12-11-29-19/h9-15,22H,6-8H2,1-5H3,(H2,31,32,33,34)/t22-/m1/s1. The van der Waals surface area contributed by atoms with Gasteiger partial charge in [-0.3, -0.25) is 9.97 Å². The summed E-state index contributed by atoms with van der Waals surface area (Å²) in [5.74, 6) is 1.94. The number of nitrogens with one attached hydrogen (secondary N) is 2. The number of methoxy groups -OCH3 is 1. The summed E-state index contributed by atoms with van der Waals surface area (Å²) in [5, 5.41) is 8.07. The minimum absolute atomic E-state index is 0.398. The Balaban J connectivity index is 1.48. The third-order valence-electron chi connectivity index (χ3n) is 6.67. The minimum atomic E-state index is -0.449. The van der Waals surface area contributed by atoms with Crippen LogP contribution in [0.2, 0.25) is 0 Å². The van der Waals surface area contributed by atoms with E-state index in [0.29, 0.717) is 17.8 Å². The third-order valence-corrected chi connectivity index (χ3v) is 8.60. The number of hydrogen-bond acceptors (Lipinski definition) is 8. The molecule has 0 fully saturated rings. The second-order valence-electron chi connectivity index (χ2n) is 9.54. The summed E-state index contributed by atoms with van der Waals surface area (Å²) < 4.78 is 6.54. The summed E-state index contributed by atoms with van der Waals surface area (Å²) in [4.78, 5) is 20.7. The van der Waals surface area contributed by atoms with Crippen molar-refractivity contribution in [3.8, 4) is 5.75 Å². The van der Waals surface area contributed by atoms with Gasteiger partial charge < -0.3 is 20.3 Å². The van der Waals surface area contributed by atoms with Crippen LogP contribution < -0.4 is 20.7 Å². The second-order valence-corrected chi connectivity index (χ2v) is 12.6. The van der Waals surface area contributed by atoms with Gasteiger partial charge in [0.25, 0.3) is 0 Å². The number of rotatable bonds is 7. The lowest BCUT2D eigenvalue weighted by molar-refractivity contribution is 0.267. The molecule has 0 saturated heterocycles. The van der Waals surface area contributed by atoms with Crippen LogP contribution in [0.4, 0.5) is 23.1 Å². The van der Waals surface area contributed by atoms with Crippen LogP contribution in [0.25, 0.3) is 11.0 Å². The van der Waals surface area contributed by atoms with E-state index in [0.717, 1.165) is 50.8 Å². The fourth-order valence-electron chi connectivity index (χ4n) is 4.95. The van der Waals surface area contributed by atoms with Crippen molar-refractivity contribution in [2.75, 3.05) is 45.2 Å².